The summed E-state index contributed by atoms with van der Waals surface area (Å²) in [5.41, 5.74) is 5.76. The molecule has 0 aromatic heterocycles. The van der Waals surface area contributed by atoms with Crippen LogP contribution in [-0.2, 0) is 0 Å². The predicted molar refractivity (Wildman–Crippen MR) is 74.6 cm³/mol. The third-order valence-electron chi connectivity index (χ3n) is 3.54. The lowest BCUT2D eigenvalue weighted by Gasteiger charge is -2.20. The molecular formula is C12H15BrFN3O2. The van der Waals surface area contributed by atoms with Gasteiger partial charge in [-0.05, 0) is 41.2 Å². The van der Waals surface area contributed by atoms with Crippen LogP contribution in [0.15, 0.2) is 16.6 Å². The fraction of sp³-hybridized carbons (Fsp3) is 0.500. The minimum absolute atomic E-state index is 0.0734. The highest BCUT2D eigenvalue weighted by Crippen LogP contribution is 2.34. The van der Waals surface area contributed by atoms with Crippen LogP contribution in [0.2, 0.25) is 0 Å². The summed E-state index contributed by atoms with van der Waals surface area (Å²) in [7, 11) is 0. The van der Waals surface area contributed by atoms with Gasteiger partial charge in [-0.15, -0.1) is 0 Å². The molecule has 5 nitrogen and oxygen atoms in total. The summed E-state index contributed by atoms with van der Waals surface area (Å²) >= 11 is 2.96. The number of nitrogens with two attached hydrogens (primary N) is 1. The molecule has 1 aliphatic rings. The van der Waals surface area contributed by atoms with Crippen LogP contribution < -0.4 is 11.1 Å². The zero-order chi connectivity index (χ0) is 14.0. The fourth-order valence-corrected chi connectivity index (χ4v) is 2.84. The lowest BCUT2D eigenvalue weighted by atomic mass is 10.0. The van der Waals surface area contributed by atoms with Gasteiger partial charge >= 0.3 is 0 Å². The fourth-order valence-electron chi connectivity index (χ4n) is 2.51. The summed E-state index contributed by atoms with van der Waals surface area (Å²) in [6.07, 6.45) is 2.93. The number of hydrogen-bond acceptors (Lipinski definition) is 4. The molecule has 1 aromatic rings. The molecule has 0 spiro atoms. The van der Waals surface area contributed by atoms with E-state index in [2.05, 4.69) is 21.2 Å². The van der Waals surface area contributed by atoms with E-state index in [-0.39, 0.29) is 27.8 Å². The first-order valence-electron chi connectivity index (χ1n) is 6.13. The van der Waals surface area contributed by atoms with Crippen LogP contribution >= 0.6 is 15.9 Å². The second-order valence-corrected chi connectivity index (χ2v) is 5.57. The van der Waals surface area contributed by atoms with Crippen LogP contribution in [0.4, 0.5) is 15.8 Å². The standard InChI is InChI=1S/C12H15BrFN3O2/c13-8-4-12(17(18)19)11(5-9(8)14)16-10-3-1-2-7(10)6-15/h4-5,7,10,16H,1-3,6,15H2. The molecule has 0 bridgehead atoms. The van der Waals surface area contributed by atoms with Gasteiger partial charge in [0, 0.05) is 18.2 Å². The number of rotatable bonds is 4. The van der Waals surface area contributed by atoms with Crippen LogP contribution in [0.25, 0.3) is 0 Å². The van der Waals surface area contributed by atoms with E-state index >= 15 is 0 Å². The Balaban J connectivity index is 2.28. The van der Waals surface area contributed by atoms with Gasteiger partial charge in [0.25, 0.3) is 5.69 Å². The van der Waals surface area contributed by atoms with Crippen molar-refractivity contribution in [3.63, 3.8) is 0 Å². The molecule has 19 heavy (non-hydrogen) atoms. The smallest absolute Gasteiger partial charge is 0.293 e. The highest BCUT2D eigenvalue weighted by atomic mass is 79.9. The van der Waals surface area contributed by atoms with Crippen molar-refractivity contribution in [3.8, 4) is 0 Å². The normalized spacial score (nSPS) is 22.5. The summed E-state index contributed by atoms with van der Waals surface area (Å²) in [6, 6.07) is 2.42. The van der Waals surface area contributed by atoms with E-state index in [4.69, 9.17) is 5.73 Å². The molecule has 7 heteroatoms. The van der Waals surface area contributed by atoms with Gasteiger partial charge in [0.05, 0.1) is 9.40 Å². The number of nitro benzene ring substituents is 1. The Labute approximate surface area is 118 Å². The van der Waals surface area contributed by atoms with Gasteiger partial charge in [0.2, 0.25) is 0 Å². The Morgan fingerprint density at radius 1 is 1.53 bits per heavy atom. The van der Waals surface area contributed by atoms with Crippen molar-refractivity contribution < 1.29 is 9.31 Å². The lowest BCUT2D eigenvalue weighted by molar-refractivity contribution is -0.384. The van der Waals surface area contributed by atoms with Crippen molar-refractivity contribution in [2.75, 3.05) is 11.9 Å². The molecule has 2 rings (SSSR count). The first-order chi connectivity index (χ1) is 9.02. The number of nitrogens with zero attached hydrogens (tertiary/aromatic N) is 1. The summed E-state index contributed by atoms with van der Waals surface area (Å²) in [6.45, 7) is 0.532. The largest absolute Gasteiger partial charge is 0.376 e. The average Bonchev–Trinajstić information content (AvgIpc) is 2.80. The van der Waals surface area contributed by atoms with Crippen molar-refractivity contribution in [1.29, 1.82) is 0 Å². The van der Waals surface area contributed by atoms with Crippen LogP contribution in [0, 0.1) is 21.8 Å². The van der Waals surface area contributed by atoms with Crippen molar-refractivity contribution in [2.45, 2.75) is 25.3 Å². The monoisotopic (exact) mass is 331 g/mol. The highest BCUT2D eigenvalue weighted by molar-refractivity contribution is 9.10. The Bertz CT molecular complexity index is 498. The quantitative estimate of drug-likeness (QED) is 0.656. The van der Waals surface area contributed by atoms with E-state index in [0.29, 0.717) is 6.54 Å². The maximum atomic E-state index is 13.5. The van der Waals surface area contributed by atoms with Crippen LogP contribution in [0.1, 0.15) is 19.3 Å². The third-order valence-corrected chi connectivity index (χ3v) is 4.15. The van der Waals surface area contributed by atoms with E-state index in [1.54, 1.807) is 0 Å². The van der Waals surface area contributed by atoms with Gasteiger partial charge in [0.15, 0.2) is 0 Å². The van der Waals surface area contributed by atoms with Gasteiger partial charge < -0.3 is 11.1 Å². The summed E-state index contributed by atoms with van der Waals surface area (Å²) in [5.74, 6) is -0.235. The second-order valence-electron chi connectivity index (χ2n) is 4.72. The van der Waals surface area contributed by atoms with Gasteiger partial charge in [-0.3, -0.25) is 10.1 Å². The van der Waals surface area contributed by atoms with E-state index < -0.39 is 10.7 Å². The lowest BCUT2D eigenvalue weighted by Crippen LogP contribution is -2.29. The SMILES string of the molecule is NCC1CCCC1Nc1cc(F)c(Br)cc1[N+](=O)[O-]. The average molecular weight is 332 g/mol. The molecule has 0 amide bonds. The summed E-state index contributed by atoms with van der Waals surface area (Å²) in [5, 5.41) is 14.1. The maximum Gasteiger partial charge on any atom is 0.293 e. The topological polar surface area (TPSA) is 81.2 Å². The van der Waals surface area contributed by atoms with Crippen molar-refractivity contribution in [1.82, 2.24) is 0 Å². The number of benzene rings is 1. The number of nitro groups is 1. The third kappa shape index (κ3) is 3.03. The molecular weight excluding hydrogens is 317 g/mol. The Hall–Kier alpha value is -1.21. The summed E-state index contributed by atoms with van der Waals surface area (Å²) in [4.78, 5) is 10.5. The van der Waals surface area contributed by atoms with Crippen LogP contribution in [-0.4, -0.2) is 17.5 Å². The van der Waals surface area contributed by atoms with Gasteiger partial charge in [-0.1, -0.05) is 6.42 Å². The zero-order valence-corrected chi connectivity index (χ0v) is 11.8. The Morgan fingerprint density at radius 3 is 2.89 bits per heavy atom. The predicted octanol–water partition coefficient (Wildman–Crippen LogP) is 3.04. The maximum absolute atomic E-state index is 13.5. The first kappa shape index (κ1) is 14.2. The van der Waals surface area contributed by atoms with Gasteiger partial charge in [-0.25, -0.2) is 4.39 Å². The van der Waals surface area contributed by atoms with Crippen molar-refractivity contribution in [3.05, 3.63) is 32.5 Å². The number of nitrogens with one attached hydrogen (secondary N) is 1. The Kier molecular flexibility index (Phi) is 4.36. The van der Waals surface area contributed by atoms with E-state index in [1.807, 2.05) is 0 Å². The van der Waals surface area contributed by atoms with E-state index in [0.717, 1.165) is 25.3 Å². The Morgan fingerprint density at radius 2 is 2.26 bits per heavy atom. The number of hydrogen-bond donors (Lipinski definition) is 2. The van der Waals surface area contributed by atoms with Crippen LogP contribution in [0.5, 0.6) is 0 Å². The van der Waals surface area contributed by atoms with E-state index in [1.165, 1.54) is 6.07 Å². The molecule has 0 radical (unpaired) electrons. The number of anilines is 1. The van der Waals surface area contributed by atoms with Crippen molar-refractivity contribution in [2.24, 2.45) is 11.7 Å². The van der Waals surface area contributed by atoms with Gasteiger partial charge in [-0.2, -0.15) is 0 Å². The van der Waals surface area contributed by atoms with Crippen LogP contribution in [0.3, 0.4) is 0 Å². The minimum atomic E-state index is -0.518. The van der Waals surface area contributed by atoms with Crippen molar-refractivity contribution >= 4 is 27.3 Å². The molecule has 1 aromatic carbocycles. The molecule has 104 valence electrons. The molecule has 1 aliphatic carbocycles. The molecule has 2 unspecified atom stereocenters. The molecule has 0 heterocycles. The molecule has 3 N–H and O–H groups in total. The zero-order valence-electron chi connectivity index (χ0n) is 10.2. The van der Waals surface area contributed by atoms with E-state index in [9.17, 15) is 14.5 Å². The molecule has 0 aliphatic heterocycles. The van der Waals surface area contributed by atoms with Gasteiger partial charge in [0.1, 0.15) is 11.5 Å². The molecule has 1 fully saturated rings. The molecule has 1 saturated carbocycles. The highest BCUT2D eigenvalue weighted by Gasteiger charge is 2.28. The summed E-state index contributed by atoms with van der Waals surface area (Å²) < 4.78 is 13.6. The molecule has 0 saturated heterocycles. The minimum Gasteiger partial charge on any atom is -0.376 e. The molecule has 2 atom stereocenters. The second kappa shape index (κ2) is 5.83. The number of halogens is 2. The first-order valence-corrected chi connectivity index (χ1v) is 6.92.